The number of hydrogen-bond acceptors (Lipinski definition) is 4. The highest BCUT2D eigenvalue weighted by Crippen LogP contribution is 2.20. The molecule has 5 heteroatoms. The van der Waals surface area contributed by atoms with E-state index in [1.54, 1.807) is 19.1 Å². The molecule has 0 heterocycles. The first-order valence-corrected chi connectivity index (χ1v) is 5.95. The monoisotopic (exact) mass is 244 g/mol. The molecule has 0 aliphatic rings. The molecule has 3 atom stereocenters. The number of carbonyl (C=O) groups excluding carboxylic acids is 2. The highest BCUT2D eigenvalue weighted by molar-refractivity contribution is 5.78. The van der Waals surface area contributed by atoms with Gasteiger partial charge in [0.25, 0.3) is 0 Å². The molecular formula is C12H24N2O3. The van der Waals surface area contributed by atoms with Crippen molar-refractivity contribution in [1.82, 2.24) is 4.90 Å². The summed E-state index contributed by atoms with van der Waals surface area (Å²) in [7, 11) is 3.27. The molecule has 5 nitrogen and oxygen atoms in total. The normalized spacial score (nSPS) is 16.1. The van der Waals surface area contributed by atoms with E-state index < -0.39 is 0 Å². The van der Waals surface area contributed by atoms with Crippen molar-refractivity contribution in [3.8, 4) is 0 Å². The fourth-order valence-electron chi connectivity index (χ4n) is 2.02. The van der Waals surface area contributed by atoms with Crippen LogP contribution in [0.5, 0.6) is 0 Å². The lowest BCUT2D eigenvalue weighted by Crippen LogP contribution is -2.50. The summed E-state index contributed by atoms with van der Waals surface area (Å²) >= 11 is 0. The van der Waals surface area contributed by atoms with Gasteiger partial charge in [0.05, 0.1) is 18.7 Å². The third-order valence-corrected chi connectivity index (χ3v) is 3.25. The van der Waals surface area contributed by atoms with E-state index in [0.717, 1.165) is 12.7 Å². The van der Waals surface area contributed by atoms with Crippen molar-refractivity contribution >= 4 is 12.2 Å². The van der Waals surface area contributed by atoms with Gasteiger partial charge in [-0.05, 0) is 5.92 Å². The summed E-state index contributed by atoms with van der Waals surface area (Å²) in [5, 5.41) is 0. The molecule has 0 unspecified atom stereocenters. The van der Waals surface area contributed by atoms with Crippen molar-refractivity contribution in [3.63, 3.8) is 0 Å². The van der Waals surface area contributed by atoms with Crippen LogP contribution < -0.4 is 5.73 Å². The second-order valence-electron chi connectivity index (χ2n) is 4.26. The van der Waals surface area contributed by atoms with Crippen LogP contribution in [0, 0.1) is 5.92 Å². The van der Waals surface area contributed by atoms with E-state index >= 15 is 0 Å². The first kappa shape index (κ1) is 16.1. The predicted octanol–water partition coefficient (Wildman–Crippen LogP) is 0.422. The van der Waals surface area contributed by atoms with Crippen molar-refractivity contribution in [2.24, 2.45) is 11.7 Å². The Morgan fingerprint density at radius 1 is 1.53 bits per heavy atom. The molecular weight excluding hydrogens is 220 g/mol. The number of rotatable bonds is 8. The van der Waals surface area contributed by atoms with Crippen molar-refractivity contribution < 1.29 is 14.3 Å². The van der Waals surface area contributed by atoms with Gasteiger partial charge < -0.3 is 20.2 Å². The quantitative estimate of drug-likeness (QED) is 0.628. The van der Waals surface area contributed by atoms with Crippen LogP contribution in [0.3, 0.4) is 0 Å². The van der Waals surface area contributed by atoms with Gasteiger partial charge in [-0.2, -0.15) is 0 Å². The molecule has 0 rings (SSSR count). The van der Waals surface area contributed by atoms with Crippen molar-refractivity contribution in [2.45, 2.75) is 38.8 Å². The summed E-state index contributed by atoms with van der Waals surface area (Å²) < 4.78 is 5.33. The lowest BCUT2D eigenvalue weighted by atomic mass is 9.91. The lowest BCUT2D eigenvalue weighted by molar-refractivity contribution is -0.136. The van der Waals surface area contributed by atoms with Gasteiger partial charge in [0.15, 0.2) is 0 Å². The summed E-state index contributed by atoms with van der Waals surface area (Å²) in [5.41, 5.74) is 5.37. The van der Waals surface area contributed by atoms with E-state index in [2.05, 4.69) is 0 Å². The van der Waals surface area contributed by atoms with Crippen LogP contribution in [0.2, 0.25) is 0 Å². The van der Waals surface area contributed by atoms with Crippen LogP contribution in [0.25, 0.3) is 0 Å². The van der Waals surface area contributed by atoms with E-state index in [-0.39, 0.29) is 36.9 Å². The first-order chi connectivity index (χ1) is 8.03. The molecule has 1 amide bonds. The molecule has 0 saturated heterocycles. The molecule has 2 N–H and O–H groups in total. The standard InChI is InChI=1S/C12H24N2O3/c1-5-9(2)12(10(17-4)6-7-15)14(3)11(16)8-13/h7,9-10,12H,5-6,8,13H2,1-4H3/t9-,10+,12-/m0/s1. The number of hydrogen-bond donors (Lipinski definition) is 1. The smallest absolute Gasteiger partial charge is 0.236 e. The van der Waals surface area contributed by atoms with Gasteiger partial charge in [-0.1, -0.05) is 20.3 Å². The Hall–Kier alpha value is -0.940. The fraction of sp³-hybridized carbons (Fsp3) is 0.833. The first-order valence-electron chi connectivity index (χ1n) is 5.95. The summed E-state index contributed by atoms with van der Waals surface area (Å²) in [6, 6.07) is -0.119. The van der Waals surface area contributed by atoms with Gasteiger partial charge >= 0.3 is 0 Å². The summed E-state index contributed by atoms with van der Waals surface area (Å²) in [6.07, 6.45) is 1.74. The van der Waals surface area contributed by atoms with Crippen molar-refractivity contribution in [3.05, 3.63) is 0 Å². The molecule has 100 valence electrons. The molecule has 0 saturated carbocycles. The maximum Gasteiger partial charge on any atom is 0.236 e. The molecule has 0 aliphatic heterocycles. The third-order valence-electron chi connectivity index (χ3n) is 3.25. The zero-order chi connectivity index (χ0) is 13.4. The fourth-order valence-corrected chi connectivity index (χ4v) is 2.02. The van der Waals surface area contributed by atoms with Crippen molar-refractivity contribution in [2.75, 3.05) is 20.7 Å². The van der Waals surface area contributed by atoms with Gasteiger partial charge in [0.1, 0.15) is 6.29 Å². The van der Waals surface area contributed by atoms with E-state index in [1.165, 1.54) is 0 Å². The van der Waals surface area contributed by atoms with Crippen LogP contribution in [0.4, 0.5) is 0 Å². The number of methoxy groups -OCH3 is 1. The molecule has 0 spiro atoms. The van der Waals surface area contributed by atoms with Gasteiger partial charge in [0, 0.05) is 20.6 Å². The average molecular weight is 244 g/mol. The van der Waals surface area contributed by atoms with E-state index in [0.29, 0.717) is 0 Å². The largest absolute Gasteiger partial charge is 0.379 e. The maximum absolute atomic E-state index is 11.7. The average Bonchev–Trinajstić information content (AvgIpc) is 2.36. The highest BCUT2D eigenvalue weighted by atomic mass is 16.5. The minimum Gasteiger partial charge on any atom is -0.379 e. The second kappa shape index (κ2) is 8.20. The zero-order valence-electron chi connectivity index (χ0n) is 11.2. The molecule has 0 aliphatic carbocycles. The molecule has 0 fully saturated rings. The van der Waals surface area contributed by atoms with Crippen LogP contribution in [-0.2, 0) is 14.3 Å². The van der Waals surface area contributed by atoms with Gasteiger partial charge in [0.2, 0.25) is 5.91 Å². The second-order valence-corrected chi connectivity index (χ2v) is 4.26. The van der Waals surface area contributed by atoms with E-state index in [9.17, 15) is 9.59 Å². The number of amides is 1. The minimum atomic E-state index is -0.275. The summed E-state index contributed by atoms with van der Waals surface area (Å²) in [4.78, 5) is 23.9. The molecule has 0 aromatic carbocycles. The van der Waals surface area contributed by atoms with Gasteiger partial charge in [-0.3, -0.25) is 4.79 Å². The Labute approximate surface area is 103 Å². The third kappa shape index (κ3) is 4.44. The van der Waals surface area contributed by atoms with Crippen molar-refractivity contribution in [1.29, 1.82) is 0 Å². The van der Waals surface area contributed by atoms with Gasteiger partial charge in [-0.15, -0.1) is 0 Å². The van der Waals surface area contributed by atoms with Gasteiger partial charge in [-0.25, -0.2) is 0 Å². The molecule has 0 bridgehead atoms. The number of aldehydes is 1. The Bertz CT molecular complexity index is 246. The van der Waals surface area contributed by atoms with Crippen LogP contribution in [-0.4, -0.2) is 49.9 Å². The van der Waals surface area contributed by atoms with Crippen LogP contribution >= 0.6 is 0 Å². The number of ether oxygens (including phenoxy) is 1. The molecule has 0 aromatic heterocycles. The SMILES string of the molecule is CC[C@H](C)[C@@H]([C@@H](CC=O)OC)N(C)C(=O)CN. The predicted molar refractivity (Wildman–Crippen MR) is 66.5 cm³/mol. The Morgan fingerprint density at radius 3 is 2.47 bits per heavy atom. The summed E-state index contributed by atoms with van der Waals surface area (Å²) in [6.45, 7) is 4.06. The Balaban J connectivity index is 4.95. The highest BCUT2D eigenvalue weighted by Gasteiger charge is 2.31. The molecule has 0 radical (unpaired) electrons. The lowest BCUT2D eigenvalue weighted by Gasteiger charge is -2.37. The zero-order valence-corrected chi connectivity index (χ0v) is 11.2. The van der Waals surface area contributed by atoms with Crippen LogP contribution in [0.15, 0.2) is 0 Å². The maximum atomic E-state index is 11.7. The van der Waals surface area contributed by atoms with E-state index in [4.69, 9.17) is 10.5 Å². The number of carbonyl (C=O) groups is 2. The number of nitrogens with zero attached hydrogens (tertiary/aromatic N) is 1. The Kier molecular flexibility index (Phi) is 7.74. The number of likely N-dealkylation sites (N-methyl/N-ethyl adjacent to an activating group) is 1. The molecule has 0 aromatic rings. The van der Waals surface area contributed by atoms with E-state index in [1.807, 2.05) is 13.8 Å². The minimum absolute atomic E-state index is 0.0268. The Morgan fingerprint density at radius 2 is 2.12 bits per heavy atom. The summed E-state index contributed by atoms with van der Waals surface area (Å²) in [5.74, 6) is 0.114. The topological polar surface area (TPSA) is 72.6 Å². The molecule has 17 heavy (non-hydrogen) atoms. The number of nitrogens with two attached hydrogens (primary N) is 1. The van der Waals surface area contributed by atoms with Crippen LogP contribution in [0.1, 0.15) is 26.7 Å².